The van der Waals surface area contributed by atoms with Gasteiger partial charge in [-0.1, -0.05) is 58.9 Å². The van der Waals surface area contributed by atoms with E-state index in [9.17, 15) is 19.0 Å². The van der Waals surface area contributed by atoms with Crippen molar-refractivity contribution in [2.45, 2.75) is 129 Å². The topological polar surface area (TPSA) is 93.0 Å². The molecule has 7 fully saturated rings. The monoisotopic (exact) mass is 706 g/mol. The molecule has 50 heavy (non-hydrogen) atoms. The Morgan fingerprint density at radius 2 is 1.80 bits per heavy atom. The summed E-state index contributed by atoms with van der Waals surface area (Å²) in [6.07, 6.45) is 18.5. The van der Waals surface area contributed by atoms with E-state index in [2.05, 4.69) is 70.5 Å². The molecule has 9 rings (SSSR count). The summed E-state index contributed by atoms with van der Waals surface area (Å²) in [5, 5.41) is 14.0. The predicted octanol–water partition coefficient (Wildman–Crippen LogP) is 9.01. The molecule has 7 aliphatic carbocycles. The van der Waals surface area contributed by atoms with Crippen LogP contribution in [0.2, 0.25) is 0 Å². The summed E-state index contributed by atoms with van der Waals surface area (Å²) in [5.41, 5.74) is 5.65. The van der Waals surface area contributed by atoms with Crippen LogP contribution in [0.5, 0.6) is 0 Å². The van der Waals surface area contributed by atoms with Gasteiger partial charge in [0.05, 0.1) is 16.9 Å². The average Bonchev–Trinajstić information content (AvgIpc) is 3.45. The second-order valence-corrected chi connectivity index (χ2v) is 23.1. The van der Waals surface area contributed by atoms with Crippen LogP contribution in [0.25, 0.3) is 0 Å². The molecule has 7 heteroatoms. The molecule has 0 radical (unpaired) electrons. The number of allylic oxidation sites excluding steroid dienone is 5. The molecule has 0 aromatic heterocycles. The second-order valence-electron chi connectivity index (χ2n) is 20.7. The maximum Gasteiger partial charge on any atom is 0.307 e. The number of carboxylic acid groups (broad SMARTS) is 1. The normalized spacial score (nSPS) is 52.9. The third-order valence-corrected chi connectivity index (χ3v) is 21.0. The molecule has 0 aromatic carbocycles. The summed E-state index contributed by atoms with van der Waals surface area (Å²) < 4.78 is 20.9. The summed E-state index contributed by atoms with van der Waals surface area (Å²) in [6.45, 7) is 23.1. The van der Waals surface area contributed by atoms with E-state index in [1.165, 1.54) is 68.9 Å². The number of nitrogens with zero attached hydrogens (tertiary/aromatic N) is 1. The van der Waals surface area contributed by atoms with Crippen molar-refractivity contribution in [2.24, 2.45) is 69.0 Å². The third kappa shape index (κ3) is 4.51. The molecular weight excluding hydrogens is 641 g/mol. The zero-order chi connectivity index (χ0) is 35.4. The minimum Gasteiger partial charge on any atom is -0.481 e. The van der Waals surface area contributed by atoms with Gasteiger partial charge in [-0.25, -0.2) is 0 Å². The van der Waals surface area contributed by atoms with Crippen molar-refractivity contribution in [3.8, 4) is 0 Å². The van der Waals surface area contributed by atoms with Crippen LogP contribution in [0, 0.1) is 69.0 Å². The number of carboxylic acids is 1. The van der Waals surface area contributed by atoms with E-state index >= 15 is 0 Å². The Kier molecular flexibility index (Phi) is 7.61. The second kappa shape index (κ2) is 11.0. The van der Waals surface area contributed by atoms with Gasteiger partial charge in [-0.05, 0) is 152 Å². The Balaban J connectivity index is 0.960. The highest BCUT2D eigenvalue weighted by Gasteiger charge is 2.71. The summed E-state index contributed by atoms with van der Waals surface area (Å²) in [5.74, 6) is 3.79. The van der Waals surface area contributed by atoms with Crippen LogP contribution in [0.3, 0.4) is 0 Å². The van der Waals surface area contributed by atoms with Gasteiger partial charge in [0.2, 0.25) is 0 Å². The number of hydrogen-bond donors (Lipinski definition) is 4. The summed E-state index contributed by atoms with van der Waals surface area (Å²) >= 11 is 0. The number of fused-ring (bicyclic) bond motifs is 10. The van der Waals surface area contributed by atoms with Gasteiger partial charge in [-0.3, -0.25) is 18.8 Å². The first-order chi connectivity index (χ1) is 23.5. The lowest BCUT2D eigenvalue weighted by molar-refractivity contribution is -0.221. The van der Waals surface area contributed by atoms with Crippen molar-refractivity contribution in [2.75, 3.05) is 25.4 Å². The standard InChI is InChI=1S/C43H66N2O4S/c1-25(2)29-10-15-43(44-18-19-45-23-28-22-27(45)24-50(28,48)49)17-16-41(6)33(37(29)43)8-9-35-40(5)13-11-32(26-20-30-31(21-26)36(30)38(46)47)39(3,4)34(40)12-14-42(35,41)7/h11,20,27-31,33-37,44,48-49H,1,8-10,12-19,21-24H2,2-7H3,(H,46,47)/t27-,28-,29+,30?,31?,33-,34+,35-,36?,37-,40+,41-,42-,43+/m1/s1. The number of hydrogen-bond acceptors (Lipinski definition) is 5. The smallest absolute Gasteiger partial charge is 0.307 e. The molecule has 0 aromatic rings. The largest absolute Gasteiger partial charge is 0.481 e. The van der Waals surface area contributed by atoms with Gasteiger partial charge in [-0.15, -0.1) is 0 Å². The maximum absolute atomic E-state index is 11.7. The molecule has 0 amide bonds. The number of nitrogens with one attached hydrogen (secondary N) is 1. The lowest BCUT2D eigenvalue weighted by Gasteiger charge is -2.72. The minimum absolute atomic E-state index is 0.0923. The van der Waals surface area contributed by atoms with E-state index in [0.29, 0.717) is 52.2 Å². The average molecular weight is 707 g/mol. The van der Waals surface area contributed by atoms with Gasteiger partial charge >= 0.3 is 5.97 Å². The van der Waals surface area contributed by atoms with Crippen molar-refractivity contribution in [3.63, 3.8) is 0 Å². The summed E-state index contributed by atoms with van der Waals surface area (Å²) in [7, 11) is -2.36. The highest BCUT2D eigenvalue weighted by atomic mass is 32.3. The van der Waals surface area contributed by atoms with E-state index in [1.54, 1.807) is 5.57 Å². The number of aliphatic carboxylic acids is 1. The minimum atomic E-state index is -2.36. The Morgan fingerprint density at radius 3 is 2.44 bits per heavy atom. The van der Waals surface area contributed by atoms with E-state index in [1.807, 2.05) is 0 Å². The fourth-order valence-electron chi connectivity index (χ4n) is 16.1. The highest BCUT2D eigenvalue weighted by molar-refractivity contribution is 8.25. The van der Waals surface area contributed by atoms with Gasteiger partial charge in [0.25, 0.3) is 0 Å². The highest BCUT2D eigenvalue weighted by Crippen LogP contribution is 2.77. The molecule has 14 atom stereocenters. The van der Waals surface area contributed by atoms with E-state index in [4.69, 9.17) is 0 Å². The molecule has 2 heterocycles. The number of carbonyl (C=O) groups is 1. The molecule has 0 spiro atoms. The SMILES string of the molecule is C=C(C)[C@@H]1CC[C@]2(NCCN3C[C@H]4C[C@@H]3CS4(O)O)CC[C@]3(C)[C@H](CC[C@@H]4[C@@]5(C)CC=C(C6=CC7C(C6)C7C(=O)O)C(C)(C)[C@@H]5CC[C@]43C)[C@@H]12. The lowest BCUT2D eigenvalue weighted by Crippen LogP contribution is -2.68. The van der Waals surface area contributed by atoms with Crippen LogP contribution >= 0.6 is 10.6 Å². The van der Waals surface area contributed by atoms with Crippen LogP contribution < -0.4 is 5.32 Å². The lowest BCUT2D eigenvalue weighted by atomic mass is 9.33. The first-order valence-electron chi connectivity index (χ1n) is 20.5. The van der Waals surface area contributed by atoms with Crippen molar-refractivity contribution in [1.29, 1.82) is 0 Å². The third-order valence-electron chi connectivity index (χ3n) is 18.7. The summed E-state index contributed by atoms with van der Waals surface area (Å²) in [6, 6.07) is 0.355. The van der Waals surface area contributed by atoms with Crippen molar-refractivity contribution in [3.05, 3.63) is 35.5 Å². The van der Waals surface area contributed by atoms with Gasteiger partial charge in [0, 0.05) is 31.2 Å². The van der Waals surface area contributed by atoms with Crippen molar-refractivity contribution >= 4 is 16.6 Å². The number of likely N-dealkylation sites (tertiary alicyclic amines) is 1. The molecule has 2 saturated heterocycles. The Hall–Kier alpha value is -1.12. The Bertz CT molecular complexity index is 1550. The van der Waals surface area contributed by atoms with E-state index in [0.717, 1.165) is 38.4 Å². The quantitative estimate of drug-likeness (QED) is 0.198. The fourth-order valence-corrected chi connectivity index (χ4v) is 18.3. The maximum atomic E-state index is 11.7. The van der Waals surface area contributed by atoms with Crippen molar-refractivity contribution in [1.82, 2.24) is 10.2 Å². The zero-order valence-corrected chi connectivity index (χ0v) is 32.7. The van der Waals surface area contributed by atoms with Crippen LogP contribution in [0.4, 0.5) is 0 Å². The zero-order valence-electron chi connectivity index (χ0n) is 31.8. The van der Waals surface area contributed by atoms with Crippen LogP contribution in [0.1, 0.15) is 112 Å². The van der Waals surface area contributed by atoms with Crippen LogP contribution in [0.15, 0.2) is 35.5 Å². The molecule has 2 bridgehead atoms. The molecule has 5 saturated carbocycles. The van der Waals surface area contributed by atoms with E-state index < -0.39 is 16.6 Å². The van der Waals surface area contributed by atoms with Crippen molar-refractivity contribution < 1.29 is 19.0 Å². The summed E-state index contributed by atoms with van der Waals surface area (Å²) in [4.78, 5) is 14.3. The molecule has 3 unspecified atom stereocenters. The first kappa shape index (κ1) is 34.6. The molecule has 2 aliphatic heterocycles. The fraction of sp³-hybridized carbons (Fsp3) is 0.837. The molecule has 9 aliphatic rings. The van der Waals surface area contributed by atoms with E-state index in [-0.39, 0.29) is 33.5 Å². The first-order valence-corrected chi connectivity index (χ1v) is 22.3. The van der Waals surface area contributed by atoms with Crippen LogP contribution in [-0.2, 0) is 4.79 Å². The number of rotatable bonds is 7. The van der Waals surface area contributed by atoms with Gasteiger partial charge in [0.1, 0.15) is 0 Å². The molecule has 4 N–H and O–H groups in total. The Morgan fingerprint density at radius 1 is 1.02 bits per heavy atom. The van der Waals surface area contributed by atoms with Gasteiger partial charge < -0.3 is 10.4 Å². The molecule has 6 nitrogen and oxygen atoms in total. The van der Waals surface area contributed by atoms with Crippen LogP contribution in [-0.4, -0.2) is 67.3 Å². The molecule has 278 valence electrons. The van der Waals surface area contributed by atoms with Gasteiger partial charge in [0.15, 0.2) is 0 Å². The Labute approximate surface area is 303 Å². The molecular formula is C43H66N2O4S. The van der Waals surface area contributed by atoms with Gasteiger partial charge in [-0.2, -0.15) is 10.6 Å². The predicted molar refractivity (Wildman–Crippen MR) is 203 cm³/mol.